The molecule has 0 fully saturated rings. The summed E-state index contributed by atoms with van der Waals surface area (Å²) in [6, 6.07) is 0. The Morgan fingerprint density at radius 1 is 2.00 bits per heavy atom. The van der Waals surface area contributed by atoms with Crippen molar-refractivity contribution < 1.29 is 0 Å². The van der Waals surface area contributed by atoms with Crippen molar-refractivity contribution in [3.63, 3.8) is 0 Å². The molecule has 0 amide bonds. The van der Waals surface area contributed by atoms with Crippen LogP contribution in [0, 0.1) is 0 Å². The highest BCUT2D eigenvalue weighted by molar-refractivity contribution is 7.80. The third kappa shape index (κ3) is 3.99. The predicted molar refractivity (Wildman–Crippen MR) is 26.1 cm³/mol. The van der Waals surface area contributed by atoms with Crippen LogP contribution in [0.25, 0.3) is 10.4 Å². The second kappa shape index (κ2) is 3.19. The molecular formula is H2ClN4P. The van der Waals surface area contributed by atoms with Crippen molar-refractivity contribution in [2.75, 3.05) is 0 Å². The monoisotopic (exact) mass is 124 g/mol. The minimum absolute atomic E-state index is 1.42. The zero-order valence-corrected chi connectivity index (χ0v) is 4.39. The molecule has 0 aliphatic rings. The first kappa shape index (κ1) is 5.99. The quantitative estimate of drug-likeness (QED) is 0.246. The van der Waals surface area contributed by atoms with E-state index in [0.717, 1.165) is 0 Å². The van der Waals surface area contributed by atoms with Crippen LogP contribution in [-0.4, -0.2) is 0 Å². The SMILES string of the molecule is [N-]=[N+]=NP(N)Cl. The van der Waals surface area contributed by atoms with Crippen LogP contribution in [-0.2, 0) is 0 Å². The first-order chi connectivity index (χ1) is 2.77. The van der Waals surface area contributed by atoms with Crippen LogP contribution in [0.1, 0.15) is 0 Å². The Kier molecular flexibility index (Phi) is 3.19. The van der Waals surface area contributed by atoms with E-state index in [2.05, 4.69) is 9.80 Å². The fourth-order valence-corrected chi connectivity index (χ4v) is 0.205. The molecular weight excluding hydrogens is 122 g/mol. The average Bonchev–Trinajstić information content (AvgIpc) is 1.35. The van der Waals surface area contributed by atoms with Gasteiger partial charge in [0.15, 0.2) is 0 Å². The molecule has 0 aliphatic carbocycles. The predicted octanol–water partition coefficient (Wildman–Crippen LogP) is 1.72. The highest BCUT2D eigenvalue weighted by atomic mass is 35.7. The maximum Gasteiger partial charge on any atom is 0.150 e. The van der Waals surface area contributed by atoms with Gasteiger partial charge in [-0.3, -0.25) is 5.50 Å². The zero-order valence-electron chi connectivity index (χ0n) is 2.74. The van der Waals surface area contributed by atoms with Gasteiger partial charge < -0.3 is 0 Å². The Bertz CT molecular complexity index is 71.6. The normalized spacial score (nSPS) is 12.3. The molecule has 34 valence electrons. The van der Waals surface area contributed by atoms with Crippen LogP contribution in [0.2, 0.25) is 0 Å². The molecule has 0 heterocycles. The maximum atomic E-state index is 7.55. The summed E-state index contributed by atoms with van der Waals surface area (Å²) in [6.07, 6.45) is 0. The lowest BCUT2D eigenvalue weighted by molar-refractivity contribution is 1.73. The molecule has 1 unspecified atom stereocenters. The molecule has 6 heavy (non-hydrogen) atoms. The molecule has 0 saturated heterocycles. The van der Waals surface area contributed by atoms with Crippen LogP contribution < -0.4 is 5.50 Å². The molecule has 0 saturated carbocycles. The molecule has 0 spiro atoms. The fraction of sp³-hybridized carbons (Fsp3) is 0. The van der Waals surface area contributed by atoms with Crippen LogP contribution in [0.4, 0.5) is 0 Å². The van der Waals surface area contributed by atoms with E-state index >= 15 is 0 Å². The van der Waals surface area contributed by atoms with Gasteiger partial charge in [0.2, 0.25) is 0 Å². The number of hydrogen-bond acceptors (Lipinski definition) is 2. The van der Waals surface area contributed by atoms with E-state index in [1.165, 1.54) is 0 Å². The molecule has 0 aromatic rings. The summed E-state index contributed by atoms with van der Waals surface area (Å²) >= 11 is 5.00. The van der Waals surface area contributed by atoms with E-state index in [1.54, 1.807) is 0 Å². The fourth-order valence-electron chi connectivity index (χ4n) is 0.0382. The molecule has 4 nitrogen and oxygen atoms in total. The molecule has 2 N–H and O–H groups in total. The molecule has 0 bridgehead atoms. The van der Waals surface area contributed by atoms with Crippen LogP contribution in [0.15, 0.2) is 4.88 Å². The Morgan fingerprint density at radius 2 is 2.50 bits per heavy atom. The van der Waals surface area contributed by atoms with Crippen molar-refractivity contribution in [1.29, 1.82) is 0 Å². The number of hydrogen-bond donors (Lipinski definition) is 1. The second-order valence-electron chi connectivity index (χ2n) is 0.468. The zero-order chi connectivity index (χ0) is 4.99. The van der Waals surface area contributed by atoms with Crippen molar-refractivity contribution in [1.82, 2.24) is 0 Å². The summed E-state index contributed by atoms with van der Waals surface area (Å²) in [5.41, 5.74) is 12.4. The summed E-state index contributed by atoms with van der Waals surface area (Å²) in [5.74, 6) is 0. The molecule has 0 radical (unpaired) electrons. The minimum Gasteiger partial charge on any atom is -0.292 e. The molecule has 0 rings (SSSR count). The van der Waals surface area contributed by atoms with E-state index < -0.39 is 7.58 Å². The van der Waals surface area contributed by atoms with Crippen molar-refractivity contribution in [3.8, 4) is 0 Å². The van der Waals surface area contributed by atoms with Crippen LogP contribution in [0.3, 0.4) is 0 Å². The summed E-state index contributed by atoms with van der Waals surface area (Å²) in [6.45, 7) is 0. The largest absolute Gasteiger partial charge is 0.292 e. The summed E-state index contributed by atoms with van der Waals surface area (Å²) in [7, 11) is -1.42. The Labute approximate surface area is 40.6 Å². The van der Waals surface area contributed by atoms with Crippen LogP contribution >= 0.6 is 18.8 Å². The second-order valence-corrected chi connectivity index (χ2v) is 2.26. The van der Waals surface area contributed by atoms with Gasteiger partial charge in [0.1, 0.15) is 7.58 Å². The van der Waals surface area contributed by atoms with Gasteiger partial charge in [0, 0.05) is 4.91 Å². The molecule has 0 aliphatic heterocycles. The van der Waals surface area contributed by atoms with E-state index in [1.807, 2.05) is 0 Å². The lowest BCUT2D eigenvalue weighted by Crippen LogP contribution is -1.69. The van der Waals surface area contributed by atoms with Crippen molar-refractivity contribution in [2.24, 2.45) is 10.4 Å². The lowest BCUT2D eigenvalue weighted by Gasteiger charge is -1.79. The standard InChI is InChI=1S/ClH2N4P/c1-6(3)5-4-2/h3H2. The van der Waals surface area contributed by atoms with E-state index in [9.17, 15) is 0 Å². The highest BCUT2D eigenvalue weighted by Gasteiger charge is 1.81. The number of nitrogens with two attached hydrogens (primary N) is 1. The first-order valence-corrected chi connectivity index (χ1v) is 3.30. The summed E-state index contributed by atoms with van der Waals surface area (Å²) < 4.78 is 0. The number of nitrogens with zero attached hydrogens (tertiary/aromatic N) is 3. The number of azide groups is 1. The van der Waals surface area contributed by atoms with Gasteiger partial charge in [-0.05, 0) is 10.4 Å². The third-order valence-corrected chi connectivity index (χ3v) is 0.579. The van der Waals surface area contributed by atoms with Crippen molar-refractivity contribution >= 4 is 18.8 Å². The maximum absolute atomic E-state index is 7.55. The van der Waals surface area contributed by atoms with Gasteiger partial charge in [-0.1, -0.05) is 11.2 Å². The molecule has 0 aromatic heterocycles. The van der Waals surface area contributed by atoms with E-state index in [4.69, 9.17) is 22.3 Å². The molecule has 6 heteroatoms. The van der Waals surface area contributed by atoms with Gasteiger partial charge in [0.05, 0.1) is 0 Å². The van der Waals surface area contributed by atoms with Gasteiger partial charge >= 0.3 is 0 Å². The van der Waals surface area contributed by atoms with E-state index in [0.29, 0.717) is 0 Å². The van der Waals surface area contributed by atoms with E-state index in [-0.39, 0.29) is 0 Å². The molecule has 0 aromatic carbocycles. The Hall–Kier alpha value is -0.01000. The van der Waals surface area contributed by atoms with Gasteiger partial charge in [0.25, 0.3) is 0 Å². The molecule has 1 atom stereocenters. The van der Waals surface area contributed by atoms with Crippen molar-refractivity contribution in [3.05, 3.63) is 10.4 Å². The van der Waals surface area contributed by atoms with Gasteiger partial charge in [-0.2, -0.15) is 0 Å². The average molecular weight is 124 g/mol. The first-order valence-electron chi connectivity index (χ1n) is 1.03. The smallest absolute Gasteiger partial charge is 0.150 e. The topological polar surface area (TPSA) is 74.8 Å². The third-order valence-electron chi connectivity index (χ3n) is 0.125. The van der Waals surface area contributed by atoms with Gasteiger partial charge in [-0.25, -0.2) is 0 Å². The lowest BCUT2D eigenvalue weighted by atomic mass is 13.0. The Morgan fingerprint density at radius 3 is 2.50 bits per heavy atom. The highest BCUT2D eigenvalue weighted by Crippen LogP contribution is 2.32. The van der Waals surface area contributed by atoms with Crippen LogP contribution in [0.5, 0.6) is 0 Å². The summed E-state index contributed by atoms with van der Waals surface area (Å²) in [5, 5.41) is 0. The van der Waals surface area contributed by atoms with Crippen molar-refractivity contribution in [2.45, 2.75) is 0 Å². The van der Waals surface area contributed by atoms with Gasteiger partial charge in [-0.15, -0.1) is 0 Å². The minimum atomic E-state index is -1.42. The summed E-state index contributed by atoms with van der Waals surface area (Å²) in [4.78, 5) is 5.25. The number of rotatable bonds is 1. The Balaban J connectivity index is 3.29. The number of halogens is 1.